The van der Waals surface area contributed by atoms with Crippen molar-refractivity contribution in [2.45, 2.75) is 25.9 Å². The Morgan fingerprint density at radius 2 is 1.76 bits per heavy atom. The molecule has 0 fully saturated rings. The number of hydrogen-bond donors (Lipinski definition) is 1. The Balaban J connectivity index is 2.34. The largest absolute Gasteiger partial charge is 0.496 e. The Labute approximate surface area is 152 Å². The van der Waals surface area contributed by atoms with Crippen LogP contribution in [0.15, 0.2) is 36.4 Å². The van der Waals surface area contributed by atoms with Gasteiger partial charge in [-0.25, -0.2) is 0 Å². The molecule has 2 N–H and O–H groups in total. The van der Waals surface area contributed by atoms with Crippen molar-refractivity contribution in [2.75, 3.05) is 20.0 Å². The molecule has 1 atom stereocenters. The average molecular weight is 364 g/mol. The molecule has 0 amide bonds. The maximum absolute atomic E-state index is 13.0. The van der Waals surface area contributed by atoms with Crippen molar-refractivity contribution in [3.63, 3.8) is 0 Å². The first-order valence-corrected chi connectivity index (χ1v) is 8.35. The molecule has 25 heavy (non-hydrogen) atoms. The first-order valence-electron chi connectivity index (χ1n) is 7.98. The zero-order valence-corrected chi connectivity index (χ0v) is 15.3. The van der Waals surface area contributed by atoms with Gasteiger partial charge in [0.25, 0.3) is 0 Å². The summed E-state index contributed by atoms with van der Waals surface area (Å²) in [4.78, 5) is 13.0. The van der Waals surface area contributed by atoms with Gasteiger partial charge in [0.2, 0.25) is 5.78 Å². The first kappa shape index (κ1) is 18.9. The lowest BCUT2D eigenvalue weighted by atomic mass is 10.0. The van der Waals surface area contributed by atoms with Crippen LogP contribution in [-0.2, 0) is 0 Å². The fourth-order valence-corrected chi connectivity index (χ4v) is 2.67. The lowest BCUT2D eigenvalue weighted by Gasteiger charge is -2.19. The van der Waals surface area contributed by atoms with Crippen LogP contribution in [0.25, 0.3) is 0 Å². The van der Waals surface area contributed by atoms with Gasteiger partial charge in [0.1, 0.15) is 17.2 Å². The minimum absolute atomic E-state index is 0.189. The van der Waals surface area contributed by atoms with Gasteiger partial charge in [0, 0.05) is 11.8 Å². The van der Waals surface area contributed by atoms with Crippen LogP contribution < -0.4 is 19.9 Å². The number of Topliss-reactive ketones (excluding diaryl/α,β-unsaturated/α-hetero) is 1. The third kappa shape index (κ3) is 4.57. The molecule has 0 spiro atoms. The van der Waals surface area contributed by atoms with Gasteiger partial charge in [-0.3, -0.25) is 4.79 Å². The van der Waals surface area contributed by atoms with E-state index in [2.05, 4.69) is 0 Å². The molecule has 0 saturated heterocycles. The van der Waals surface area contributed by atoms with Crippen LogP contribution in [0.2, 0.25) is 5.02 Å². The van der Waals surface area contributed by atoms with Crippen LogP contribution in [0.1, 0.15) is 30.1 Å². The molecule has 5 nitrogen and oxygen atoms in total. The maximum atomic E-state index is 13.0. The summed E-state index contributed by atoms with van der Waals surface area (Å²) in [5, 5.41) is 0.377. The zero-order valence-electron chi connectivity index (χ0n) is 14.5. The number of halogens is 1. The molecule has 0 heterocycles. The molecule has 134 valence electrons. The molecular weight excluding hydrogens is 342 g/mol. The van der Waals surface area contributed by atoms with Gasteiger partial charge in [-0.1, -0.05) is 24.9 Å². The van der Waals surface area contributed by atoms with Crippen molar-refractivity contribution in [3.8, 4) is 17.2 Å². The normalized spacial score (nSPS) is 11.7. The molecule has 0 saturated carbocycles. The summed E-state index contributed by atoms with van der Waals surface area (Å²) in [5.74, 6) is 1.19. The van der Waals surface area contributed by atoms with Gasteiger partial charge < -0.3 is 19.9 Å². The van der Waals surface area contributed by atoms with E-state index in [9.17, 15) is 4.79 Å². The van der Waals surface area contributed by atoms with Crippen LogP contribution >= 0.6 is 11.6 Å². The number of nitrogens with two attached hydrogens (primary N) is 1. The molecule has 0 aliphatic heterocycles. The van der Waals surface area contributed by atoms with Crippen molar-refractivity contribution in [1.82, 2.24) is 0 Å². The minimum Gasteiger partial charge on any atom is -0.496 e. The van der Waals surface area contributed by atoms with Gasteiger partial charge in [-0.2, -0.15) is 0 Å². The average Bonchev–Trinajstić information content (AvgIpc) is 2.62. The van der Waals surface area contributed by atoms with Crippen molar-refractivity contribution in [3.05, 3.63) is 47.0 Å². The van der Waals surface area contributed by atoms with Gasteiger partial charge in [-0.15, -0.1) is 0 Å². The molecule has 6 heteroatoms. The second kappa shape index (κ2) is 8.62. The van der Waals surface area contributed by atoms with Crippen molar-refractivity contribution in [1.29, 1.82) is 0 Å². The Morgan fingerprint density at radius 1 is 1.12 bits per heavy atom. The number of anilines is 1. The number of hydrogen-bond acceptors (Lipinski definition) is 5. The van der Waals surface area contributed by atoms with E-state index >= 15 is 0 Å². The SMILES string of the molecule is CCCC(Oc1ccc(N)cc1)C(=O)c1cc(OC)c(Cl)cc1OC. The highest BCUT2D eigenvalue weighted by Crippen LogP contribution is 2.34. The van der Waals surface area contributed by atoms with E-state index in [-0.39, 0.29) is 5.78 Å². The number of carbonyl (C=O) groups excluding carboxylic acids is 1. The Hall–Kier alpha value is -2.40. The van der Waals surface area contributed by atoms with E-state index in [4.69, 9.17) is 31.5 Å². The highest BCUT2D eigenvalue weighted by molar-refractivity contribution is 6.32. The Bertz CT molecular complexity index is 731. The van der Waals surface area contributed by atoms with Crippen LogP contribution in [-0.4, -0.2) is 26.1 Å². The number of methoxy groups -OCH3 is 2. The van der Waals surface area contributed by atoms with Crippen LogP contribution in [0, 0.1) is 0 Å². The number of nitrogen functional groups attached to an aromatic ring is 1. The van der Waals surface area contributed by atoms with E-state index in [0.29, 0.717) is 39.9 Å². The molecule has 0 radical (unpaired) electrons. The highest BCUT2D eigenvalue weighted by Gasteiger charge is 2.26. The quantitative estimate of drug-likeness (QED) is 0.557. The summed E-state index contributed by atoms with van der Waals surface area (Å²) in [6, 6.07) is 10.1. The molecule has 0 bridgehead atoms. The van der Waals surface area contributed by atoms with Gasteiger partial charge in [0.05, 0.1) is 24.8 Å². The Kier molecular flexibility index (Phi) is 6.53. The van der Waals surface area contributed by atoms with E-state index < -0.39 is 6.10 Å². The Morgan fingerprint density at radius 3 is 2.32 bits per heavy atom. The number of ether oxygens (including phenoxy) is 3. The lowest BCUT2D eigenvalue weighted by molar-refractivity contribution is 0.0774. The lowest BCUT2D eigenvalue weighted by Crippen LogP contribution is -2.28. The van der Waals surface area contributed by atoms with Gasteiger partial charge in [0.15, 0.2) is 6.10 Å². The molecule has 2 aromatic rings. The molecular formula is C19H22ClNO4. The van der Waals surface area contributed by atoms with Crippen LogP contribution in [0.5, 0.6) is 17.2 Å². The predicted octanol–water partition coefficient (Wildman–Crippen LogP) is 4.37. The predicted molar refractivity (Wildman–Crippen MR) is 99.1 cm³/mol. The third-order valence-electron chi connectivity index (χ3n) is 3.74. The second-order valence-corrected chi connectivity index (χ2v) is 5.92. The molecule has 2 aromatic carbocycles. The number of benzene rings is 2. The summed E-state index contributed by atoms with van der Waals surface area (Å²) in [5.41, 5.74) is 6.69. The van der Waals surface area contributed by atoms with Crippen molar-refractivity contribution >= 4 is 23.1 Å². The summed E-state index contributed by atoms with van der Waals surface area (Å²) in [6.45, 7) is 1.99. The van der Waals surface area contributed by atoms with Gasteiger partial charge >= 0.3 is 0 Å². The maximum Gasteiger partial charge on any atom is 0.207 e. The molecule has 0 aliphatic carbocycles. The number of carbonyl (C=O) groups is 1. The summed E-state index contributed by atoms with van der Waals surface area (Å²) >= 11 is 6.11. The molecule has 2 rings (SSSR count). The van der Waals surface area contributed by atoms with Crippen molar-refractivity contribution < 1.29 is 19.0 Å². The van der Waals surface area contributed by atoms with Crippen LogP contribution in [0.4, 0.5) is 5.69 Å². The summed E-state index contributed by atoms with van der Waals surface area (Å²) in [6.07, 6.45) is 0.712. The monoisotopic (exact) mass is 363 g/mol. The van der Waals surface area contributed by atoms with Crippen molar-refractivity contribution in [2.24, 2.45) is 0 Å². The van der Waals surface area contributed by atoms with E-state index in [0.717, 1.165) is 6.42 Å². The molecule has 1 unspecified atom stereocenters. The van der Waals surface area contributed by atoms with E-state index in [1.54, 1.807) is 36.4 Å². The third-order valence-corrected chi connectivity index (χ3v) is 4.04. The molecule has 0 aromatic heterocycles. The number of rotatable bonds is 8. The molecule has 0 aliphatic rings. The summed E-state index contributed by atoms with van der Waals surface area (Å²) in [7, 11) is 2.99. The van der Waals surface area contributed by atoms with Gasteiger partial charge in [-0.05, 0) is 36.8 Å². The zero-order chi connectivity index (χ0) is 18.4. The highest BCUT2D eigenvalue weighted by atomic mass is 35.5. The standard InChI is InChI=1S/C19H22ClNO4/c1-4-5-16(25-13-8-6-12(21)7-9-13)19(22)14-10-18(24-3)15(20)11-17(14)23-2/h6-11,16H,4-5,21H2,1-3H3. The first-order chi connectivity index (χ1) is 12.0. The van der Waals surface area contributed by atoms with E-state index in [1.807, 2.05) is 6.92 Å². The number of ketones is 1. The second-order valence-electron chi connectivity index (χ2n) is 5.52. The topological polar surface area (TPSA) is 70.8 Å². The summed E-state index contributed by atoms with van der Waals surface area (Å²) < 4.78 is 16.4. The minimum atomic E-state index is -0.645. The fourth-order valence-electron chi connectivity index (χ4n) is 2.44. The smallest absolute Gasteiger partial charge is 0.207 e. The van der Waals surface area contributed by atoms with Crippen LogP contribution in [0.3, 0.4) is 0 Å². The van der Waals surface area contributed by atoms with E-state index in [1.165, 1.54) is 14.2 Å². The fraction of sp³-hybridized carbons (Fsp3) is 0.316.